The molecule has 4 amide bonds. The van der Waals surface area contributed by atoms with Gasteiger partial charge in [0.15, 0.2) is 0 Å². The zero-order chi connectivity index (χ0) is 30.2. The van der Waals surface area contributed by atoms with Gasteiger partial charge in [0, 0.05) is 34.0 Å². The number of amides is 4. The van der Waals surface area contributed by atoms with Crippen molar-refractivity contribution in [3.63, 3.8) is 0 Å². The van der Waals surface area contributed by atoms with Crippen LogP contribution < -0.4 is 15.4 Å². The Morgan fingerprint density at radius 2 is 1.44 bits per heavy atom. The number of anilines is 1. The number of carbonyl (C=O) groups is 4. The highest BCUT2D eigenvalue weighted by atomic mass is 32.2. The second kappa shape index (κ2) is 13.7. The molecule has 43 heavy (non-hydrogen) atoms. The van der Waals surface area contributed by atoms with Crippen LogP contribution in [0, 0.1) is 0 Å². The molecule has 0 spiro atoms. The van der Waals surface area contributed by atoms with Crippen molar-refractivity contribution >= 4 is 47.2 Å². The Kier molecular flexibility index (Phi) is 9.33. The number of ether oxygens (including phenoxy) is 1. The highest BCUT2D eigenvalue weighted by Gasteiger charge is 2.34. The fourth-order valence-corrected chi connectivity index (χ4v) is 5.35. The number of fused-ring (bicyclic) bond motifs is 1. The maximum absolute atomic E-state index is 13.4. The van der Waals surface area contributed by atoms with Crippen LogP contribution in [0.5, 0.6) is 5.75 Å². The van der Waals surface area contributed by atoms with Crippen LogP contribution in [-0.2, 0) is 4.79 Å². The van der Waals surface area contributed by atoms with Gasteiger partial charge in [0.25, 0.3) is 23.6 Å². The number of benzene rings is 4. The summed E-state index contributed by atoms with van der Waals surface area (Å²) in [5.74, 6) is -0.346. The highest BCUT2D eigenvalue weighted by molar-refractivity contribution is 7.99. The zero-order valence-electron chi connectivity index (χ0n) is 23.4. The summed E-state index contributed by atoms with van der Waals surface area (Å²) in [4.78, 5) is 53.7. The summed E-state index contributed by atoms with van der Waals surface area (Å²) < 4.78 is 5.70. The normalized spacial score (nSPS) is 12.6. The van der Waals surface area contributed by atoms with E-state index < -0.39 is 11.8 Å². The quantitative estimate of drug-likeness (QED) is 0.128. The Morgan fingerprint density at radius 1 is 0.814 bits per heavy atom. The van der Waals surface area contributed by atoms with E-state index in [1.165, 1.54) is 16.7 Å². The van der Waals surface area contributed by atoms with Gasteiger partial charge in [-0.2, -0.15) is 0 Å². The highest BCUT2D eigenvalue weighted by Crippen LogP contribution is 2.26. The number of para-hydroxylation sites is 1. The number of rotatable bonds is 11. The lowest BCUT2D eigenvalue weighted by Crippen LogP contribution is -2.31. The fourth-order valence-electron chi connectivity index (χ4n) is 4.51. The molecule has 5 rings (SSSR count). The Morgan fingerprint density at radius 3 is 2.12 bits per heavy atom. The predicted molar refractivity (Wildman–Crippen MR) is 167 cm³/mol. The van der Waals surface area contributed by atoms with Gasteiger partial charge in [-0.3, -0.25) is 24.1 Å². The number of carbonyl (C=O) groups excluding carboxylic acids is 4. The van der Waals surface area contributed by atoms with Gasteiger partial charge in [-0.15, -0.1) is 11.8 Å². The Hall–Kier alpha value is -5.15. The van der Waals surface area contributed by atoms with Crippen LogP contribution in [0.4, 0.5) is 5.69 Å². The van der Waals surface area contributed by atoms with Gasteiger partial charge in [-0.25, -0.2) is 0 Å². The minimum atomic E-state index is -0.499. The van der Waals surface area contributed by atoms with Crippen LogP contribution >= 0.6 is 11.8 Å². The zero-order valence-corrected chi connectivity index (χ0v) is 24.2. The Balaban J connectivity index is 1.25. The van der Waals surface area contributed by atoms with Crippen molar-refractivity contribution in [2.75, 3.05) is 24.2 Å². The van der Waals surface area contributed by atoms with E-state index in [1.807, 2.05) is 37.3 Å². The summed E-state index contributed by atoms with van der Waals surface area (Å²) in [5.41, 5.74) is 2.53. The van der Waals surface area contributed by atoms with Crippen molar-refractivity contribution in [3.8, 4) is 5.75 Å². The van der Waals surface area contributed by atoms with Gasteiger partial charge >= 0.3 is 0 Å². The topological polar surface area (TPSA) is 105 Å². The first-order chi connectivity index (χ1) is 20.9. The lowest BCUT2D eigenvalue weighted by atomic mass is 10.1. The van der Waals surface area contributed by atoms with E-state index in [-0.39, 0.29) is 24.1 Å². The van der Waals surface area contributed by atoms with Crippen LogP contribution in [0.25, 0.3) is 6.08 Å². The molecule has 8 nitrogen and oxygen atoms in total. The molecule has 1 aliphatic rings. The van der Waals surface area contributed by atoms with E-state index in [9.17, 15) is 19.2 Å². The van der Waals surface area contributed by atoms with E-state index in [0.29, 0.717) is 46.1 Å². The second-order valence-electron chi connectivity index (χ2n) is 9.48. The minimum Gasteiger partial charge on any atom is -0.493 e. The smallest absolute Gasteiger partial charge is 0.272 e. The second-order valence-corrected chi connectivity index (χ2v) is 10.7. The van der Waals surface area contributed by atoms with Gasteiger partial charge < -0.3 is 15.4 Å². The van der Waals surface area contributed by atoms with Crippen LogP contribution in [0.2, 0.25) is 0 Å². The first-order valence-electron chi connectivity index (χ1n) is 13.7. The van der Waals surface area contributed by atoms with E-state index in [4.69, 9.17) is 4.74 Å². The molecule has 0 unspecified atom stereocenters. The first kappa shape index (κ1) is 29.3. The van der Waals surface area contributed by atoms with Gasteiger partial charge in [0.2, 0.25) is 0 Å². The molecule has 216 valence electrons. The van der Waals surface area contributed by atoms with Crippen molar-refractivity contribution in [2.45, 2.75) is 11.8 Å². The number of hydrogen-bond donors (Lipinski definition) is 2. The number of nitrogens with zero attached hydrogens (tertiary/aromatic N) is 1. The molecule has 9 heteroatoms. The standard InChI is InChI=1S/C34H29N3O5S/c1-2-42-30-15-9-6-12-24(30)22-29(36-31(38)23-10-4-3-5-11-23)32(39)35-25-16-18-26(19-17-25)43-21-20-37-33(40)27-13-7-8-14-28(27)34(37)41/h3-19,22H,2,20-21H2,1H3,(H,35,39)(H,36,38)/b29-22-. The van der Waals surface area contributed by atoms with Crippen molar-refractivity contribution in [1.82, 2.24) is 10.2 Å². The molecule has 0 fully saturated rings. The fraction of sp³-hybridized carbons (Fsp3) is 0.118. The van der Waals surface area contributed by atoms with E-state index in [0.717, 1.165) is 4.90 Å². The molecule has 0 atom stereocenters. The third kappa shape index (κ3) is 7.02. The van der Waals surface area contributed by atoms with E-state index >= 15 is 0 Å². The van der Waals surface area contributed by atoms with Crippen LogP contribution in [0.3, 0.4) is 0 Å². The average Bonchev–Trinajstić information content (AvgIpc) is 3.28. The van der Waals surface area contributed by atoms with Gasteiger partial charge in [0.05, 0.1) is 17.7 Å². The molecular weight excluding hydrogens is 562 g/mol. The molecular formula is C34H29N3O5S. The molecule has 1 heterocycles. The number of thioether (sulfide) groups is 1. The Labute approximate surface area is 253 Å². The van der Waals surface area contributed by atoms with Crippen molar-refractivity contribution in [1.29, 1.82) is 0 Å². The molecule has 1 aliphatic heterocycles. The summed E-state index contributed by atoms with van der Waals surface area (Å²) in [6.45, 7) is 2.61. The van der Waals surface area contributed by atoms with Crippen molar-refractivity contribution in [2.24, 2.45) is 0 Å². The third-order valence-electron chi connectivity index (χ3n) is 6.62. The van der Waals surface area contributed by atoms with Crippen molar-refractivity contribution in [3.05, 3.63) is 131 Å². The predicted octanol–water partition coefficient (Wildman–Crippen LogP) is 5.88. The summed E-state index contributed by atoms with van der Waals surface area (Å²) in [5, 5.41) is 5.59. The minimum absolute atomic E-state index is 0.0559. The molecule has 0 bridgehead atoms. The largest absolute Gasteiger partial charge is 0.493 e. The monoisotopic (exact) mass is 591 g/mol. The molecule has 2 N–H and O–H groups in total. The molecule has 0 saturated carbocycles. The summed E-state index contributed by atoms with van der Waals surface area (Å²) in [7, 11) is 0. The lowest BCUT2D eigenvalue weighted by Gasteiger charge is -2.14. The molecule has 0 radical (unpaired) electrons. The van der Waals surface area contributed by atoms with E-state index in [1.54, 1.807) is 78.9 Å². The maximum Gasteiger partial charge on any atom is 0.272 e. The molecule has 4 aromatic carbocycles. The van der Waals surface area contributed by atoms with Gasteiger partial charge in [-0.05, 0) is 67.6 Å². The van der Waals surface area contributed by atoms with Gasteiger partial charge in [-0.1, -0.05) is 48.5 Å². The average molecular weight is 592 g/mol. The van der Waals surface area contributed by atoms with Crippen molar-refractivity contribution < 1.29 is 23.9 Å². The SMILES string of the molecule is CCOc1ccccc1/C=C(\NC(=O)c1ccccc1)C(=O)Nc1ccc(SCCN2C(=O)c3ccccc3C2=O)cc1. The summed E-state index contributed by atoms with van der Waals surface area (Å²) in [6.07, 6.45) is 1.59. The molecule has 0 aromatic heterocycles. The number of hydrogen-bond acceptors (Lipinski definition) is 6. The summed E-state index contributed by atoms with van der Waals surface area (Å²) in [6, 6.07) is 30.0. The third-order valence-corrected chi connectivity index (χ3v) is 7.61. The Bertz CT molecular complexity index is 1650. The number of imide groups is 1. The molecule has 0 aliphatic carbocycles. The van der Waals surface area contributed by atoms with Crippen LogP contribution in [0.15, 0.2) is 114 Å². The molecule has 0 saturated heterocycles. The first-order valence-corrected chi connectivity index (χ1v) is 14.7. The van der Waals surface area contributed by atoms with Crippen LogP contribution in [-0.4, -0.2) is 47.4 Å². The van der Waals surface area contributed by atoms with E-state index in [2.05, 4.69) is 10.6 Å². The van der Waals surface area contributed by atoms with Gasteiger partial charge in [0.1, 0.15) is 11.4 Å². The maximum atomic E-state index is 13.4. The van der Waals surface area contributed by atoms with Crippen LogP contribution in [0.1, 0.15) is 43.6 Å². The number of nitrogens with one attached hydrogen (secondary N) is 2. The molecule has 4 aromatic rings. The lowest BCUT2D eigenvalue weighted by molar-refractivity contribution is -0.113. The summed E-state index contributed by atoms with van der Waals surface area (Å²) >= 11 is 1.50.